The molecule has 0 unspecified atom stereocenters. The predicted molar refractivity (Wildman–Crippen MR) is 104 cm³/mol. The molecule has 2 aromatic carbocycles. The first kappa shape index (κ1) is 18.4. The van der Waals surface area contributed by atoms with E-state index in [4.69, 9.17) is 27.9 Å². The molecule has 0 aromatic heterocycles. The Kier molecular flexibility index (Phi) is 6.17. The fourth-order valence-electron chi connectivity index (χ4n) is 1.96. The van der Waals surface area contributed by atoms with Crippen LogP contribution in [0, 0.1) is 17.4 Å². The molecule has 0 saturated carbocycles. The SMILES string of the molecule is Cc1cc(NC(=O)[C@H](C)Oc2ccc(Cl)cc2Cl)c(C)cc1I. The molecule has 0 radical (unpaired) electrons. The van der Waals surface area contributed by atoms with Crippen LogP contribution in [0.1, 0.15) is 18.1 Å². The lowest BCUT2D eigenvalue weighted by Crippen LogP contribution is -2.30. The molecule has 0 saturated heterocycles. The molecule has 122 valence electrons. The highest BCUT2D eigenvalue weighted by molar-refractivity contribution is 14.1. The van der Waals surface area contributed by atoms with Crippen molar-refractivity contribution in [3.05, 3.63) is 55.1 Å². The van der Waals surface area contributed by atoms with Crippen molar-refractivity contribution in [2.45, 2.75) is 26.9 Å². The number of hydrogen-bond acceptors (Lipinski definition) is 2. The van der Waals surface area contributed by atoms with Gasteiger partial charge in [0.1, 0.15) is 5.75 Å². The Morgan fingerprint density at radius 1 is 1.17 bits per heavy atom. The van der Waals surface area contributed by atoms with Crippen LogP contribution in [0.25, 0.3) is 0 Å². The number of carbonyl (C=O) groups excluding carboxylic acids is 1. The molecule has 2 aromatic rings. The Bertz CT molecular complexity index is 750. The van der Waals surface area contributed by atoms with Gasteiger partial charge in [-0.3, -0.25) is 4.79 Å². The molecule has 3 nitrogen and oxygen atoms in total. The summed E-state index contributed by atoms with van der Waals surface area (Å²) in [4.78, 5) is 12.3. The average Bonchev–Trinajstić information content (AvgIpc) is 2.47. The number of ether oxygens (including phenoxy) is 1. The molecule has 0 heterocycles. The zero-order chi connectivity index (χ0) is 17.1. The maximum absolute atomic E-state index is 12.3. The first-order chi connectivity index (χ1) is 10.8. The predicted octanol–water partition coefficient (Wildman–Crippen LogP) is 5.62. The summed E-state index contributed by atoms with van der Waals surface area (Å²) in [5.74, 6) is 0.189. The standard InChI is InChI=1S/C17H16Cl2INO2/c1-9-7-15(10(2)6-14(9)20)21-17(22)11(3)23-16-5-4-12(18)8-13(16)19/h4-8,11H,1-3H3,(H,21,22)/t11-/m0/s1. The number of rotatable bonds is 4. The Hall–Kier alpha value is -0.980. The number of amides is 1. The van der Waals surface area contributed by atoms with E-state index in [0.29, 0.717) is 15.8 Å². The summed E-state index contributed by atoms with van der Waals surface area (Å²) in [7, 11) is 0. The molecule has 2 rings (SSSR count). The van der Waals surface area contributed by atoms with Gasteiger partial charge in [0, 0.05) is 14.3 Å². The highest BCUT2D eigenvalue weighted by Gasteiger charge is 2.17. The summed E-state index contributed by atoms with van der Waals surface area (Å²) < 4.78 is 6.79. The zero-order valence-electron chi connectivity index (χ0n) is 12.9. The molecule has 1 N–H and O–H groups in total. The lowest BCUT2D eigenvalue weighted by Gasteiger charge is -2.17. The van der Waals surface area contributed by atoms with Gasteiger partial charge < -0.3 is 10.1 Å². The van der Waals surface area contributed by atoms with Gasteiger partial charge in [-0.15, -0.1) is 0 Å². The summed E-state index contributed by atoms with van der Waals surface area (Å²) in [6.07, 6.45) is -0.687. The number of aryl methyl sites for hydroxylation is 2. The molecule has 1 atom stereocenters. The molecule has 6 heteroatoms. The first-order valence-electron chi connectivity index (χ1n) is 6.97. The molecule has 0 aliphatic heterocycles. The van der Waals surface area contributed by atoms with Crippen molar-refractivity contribution in [3.8, 4) is 5.75 Å². The zero-order valence-corrected chi connectivity index (χ0v) is 16.6. The smallest absolute Gasteiger partial charge is 0.265 e. The Balaban J connectivity index is 2.10. The Labute approximate surface area is 159 Å². The van der Waals surface area contributed by atoms with Crippen LogP contribution in [-0.4, -0.2) is 12.0 Å². The minimum Gasteiger partial charge on any atom is -0.479 e. The van der Waals surface area contributed by atoms with Gasteiger partial charge >= 0.3 is 0 Å². The van der Waals surface area contributed by atoms with Crippen molar-refractivity contribution in [1.82, 2.24) is 0 Å². The molecular formula is C17H16Cl2INO2. The van der Waals surface area contributed by atoms with Crippen LogP contribution in [0.3, 0.4) is 0 Å². The summed E-state index contributed by atoms with van der Waals surface area (Å²) in [5.41, 5.74) is 2.90. The van der Waals surface area contributed by atoms with Crippen molar-refractivity contribution < 1.29 is 9.53 Å². The minimum absolute atomic E-state index is 0.236. The summed E-state index contributed by atoms with van der Waals surface area (Å²) in [6.45, 7) is 5.64. The largest absolute Gasteiger partial charge is 0.479 e. The molecule has 0 spiro atoms. The minimum atomic E-state index is -0.687. The van der Waals surface area contributed by atoms with E-state index < -0.39 is 6.10 Å². The molecule has 0 aliphatic carbocycles. The van der Waals surface area contributed by atoms with Crippen LogP contribution >= 0.6 is 45.8 Å². The molecular weight excluding hydrogens is 448 g/mol. The van der Waals surface area contributed by atoms with E-state index in [1.165, 1.54) is 0 Å². The second kappa shape index (κ2) is 7.73. The molecule has 0 fully saturated rings. The second-order valence-electron chi connectivity index (χ2n) is 5.24. The third-order valence-electron chi connectivity index (χ3n) is 3.33. The van der Waals surface area contributed by atoms with Gasteiger partial charge in [0.05, 0.1) is 5.02 Å². The van der Waals surface area contributed by atoms with Gasteiger partial charge in [-0.1, -0.05) is 23.2 Å². The number of anilines is 1. The number of carbonyl (C=O) groups is 1. The Morgan fingerprint density at radius 3 is 2.52 bits per heavy atom. The van der Waals surface area contributed by atoms with Crippen molar-refractivity contribution in [2.24, 2.45) is 0 Å². The molecule has 23 heavy (non-hydrogen) atoms. The van der Waals surface area contributed by atoms with Gasteiger partial charge in [-0.05, 0) is 84.8 Å². The number of hydrogen-bond donors (Lipinski definition) is 1. The van der Waals surface area contributed by atoms with E-state index in [2.05, 4.69) is 27.9 Å². The second-order valence-corrected chi connectivity index (χ2v) is 7.25. The maximum Gasteiger partial charge on any atom is 0.265 e. The molecule has 0 bridgehead atoms. The average molecular weight is 464 g/mol. The van der Waals surface area contributed by atoms with Crippen molar-refractivity contribution in [2.75, 3.05) is 5.32 Å². The van der Waals surface area contributed by atoms with E-state index in [1.807, 2.05) is 26.0 Å². The van der Waals surface area contributed by atoms with Gasteiger partial charge in [0.25, 0.3) is 5.91 Å². The number of benzene rings is 2. The van der Waals surface area contributed by atoms with Crippen LogP contribution in [0.2, 0.25) is 10.0 Å². The van der Waals surface area contributed by atoms with Crippen LogP contribution in [0.4, 0.5) is 5.69 Å². The summed E-state index contributed by atoms with van der Waals surface area (Å²) in [5, 5.41) is 3.78. The van der Waals surface area contributed by atoms with Gasteiger partial charge in [-0.2, -0.15) is 0 Å². The summed E-state index contributed by atoms with van der Waals surface area (Å²) >= 11 is 14.2. The van der Waals surface area contributed by atoms with Crippen LogP contribution < -0.4 is 10.1 Å². The fourth-order valence-corrected chi connectivity index (χ4v) is 3.04. The van der Waals surface area contributed by atoms with Crippen LogP contribution in [0.5, 0.6) is 5.75 Å². The van der Waals surface area contributed by atoms with E-state index in [0.717, 1.165) is 20.4 Å². The quantitative estimate of drug-likeness (QED) is 0.597. The lowest BCUT2D eigenvalue weighted by molar-refractivity contribution is -0.122. The highest BCUT2D eigenvalue weighted by atomic mass is 127. The van der Waals surface area contributed by atoms with E-state index in [-0.39, 0.29) is 5.91 Å². The van der Waals surface area contributed by atoms with Gasteiger partial charge in [0.15, 0.2) is 6.10 Å². The topological polar surface area (TPSA) is 38.3 Å². The van der Waals surface area contributed by atoms with Crippen molar-refractivity contribution in [3.63, 3.8) is 0 Å². The number of halogens is 3. The Morgan fingerprint density at radius 2 is 1.87 bits per heavy atom. The lowest BCUT2D eigenvalue weighted by atomic mass is 10.1. The van der Waals surface area contributed by atoms with Gasteiger partial charge in [-0.25, -0.2) is 0 Å². The first-order valence-corrected chi connectivity index (χ1v) is 8.80. The monoisotopic (exact) mass is 463 g/mol. The van der Waals surface area contributed by atoms with E-state index in [1.54, 1.807) is 25.1 Å². The third kappa shape index (κ3) is 4.75. The third-order valence-corrected chi connectivity index (χ3v) is 5.02. The molecule has 1 amide bonds. The fraction of sp³-hybridized carbons (Fsp3) is 0.235. The van der Waals surface area contributed by atoms with Crippen molar-refractivity contribution in [1.29, 1.82) is 0 Å². The van der Waals surface area contributed by atoms with E-state index in [9.17, 15) is 4.79 Å². The van der Waals surface area contributed by atoms with Crippen molar-refractivity contribution >= 4 is 57.4 Å². The van der Waals surface area contributed by atoms with Gasteiger partial charge in [0.2, 0.25) is 0 Å². The van der Waals surface area contributed by atoms with E-state index >= 15 is 0 Å². The van der Waals surface area contributed by atoms with Crippen LogP contribution in [-0.2, 0) is 4.79 Å². The summed E-state index contributed by atoms with van der Waals surface area (Å²) in [6, 6.07) is 8.88. The maximum atomic E-state index is 12.3. The number of nitrogens with one attached hydrogen (secondary N) is 1. The molecule has 0 aliphatic rings. The normalized spacial score (nSPS) is 11.9. The van der Waals surface area contributed by atoms with Crippen LogP contribution in [0.15, 0.2) is 30.3 Å². The highest BCUT2D eigenvalue weighted by Crippen LogP contribution is 2.28.